The van der Waals surface area contributed by atoms with Gasteiger partial charge in [-0.1, -0.05) is 41.4 Å². The summed E-state index contributed by atoms with van der Waals surface area (Å²) in [6.45, 7) is 2.33. The van der Waals surface area contributed by atoms with Crippen LogP contribution in [0.1, 0.15) is 11.1 Å². The molecule has 2 heterocycles. The molecular formula is C24H25ClN5O7P. The van der Waals surface area contributed by atoms with Gasteiger partial charge in [0.25, 0.3) is 5.56 Å². The highest BCUT2D eigenvalue weighted by molar-refractivity contribution is 7.46. The molecule has 14 heteroatoms. The first kappa shape index (κ1) is 27.5. The van der Waals surface area contributed by atoms with Gasteiger partial charge in [0, 0.05) is 11.6 Å². The summed E-state index contributed by atoms with van der Waals surface area (Å²) in [4.78, 5) is 34.5. The molecule has 0 aliphatic heterocycles. The van der Waals surface area contributed by atoms with E-state index in [0.717, 1.165) is 11.1 Å². The maximum Gasteiger partial charge on any atom is 0.515 e. The zero-order valence-electron chi connectivity index (χ0n) is 20.3. The van der Waals surface area contributed by atoms with Gasteiger partial charge in [-0.3, -0.25) is 14.3 Å². The number of imidazole rings is 1. The molecule has 2 aromatic heterocycles. The highest BCUT2D eigenvalue weighted by atomic mass is 35.5. The molecule has 4 rings (SSSR count). The van der Waals surface area contributed by atoms with E-state index in [1.54, 1.807) is 28.8 Å². The Labute approximate surface area is 223 Å². The van der Waals surface area contributed by atoms with Gasteiger partial charge in [-0.25, -0.2) is 9.78 Å². The zero-order valence-corrected chi connectivity index (χ0v) is 22.0. The number of fused-ring (bicyclic) bond motifs is 1. The smallest absolute Gasteiger partial charge is 0.406 e. The van der Waals surface area contributed by atoms with Crippen LogP contribution in [0.4, 0.5) is 10.7 Å². The van der Waals surface area contributed by atoms with Gasteiger partial charge in [0.1, 0.15) is 12.1 Å². The SMILES string of the molecule is Cc1ccc(OC(=O)OCOP(COCCn2cnc3c(=O)[nH]c(N)nc32)OCc2cccc(Cl)c2)cc1. The molecule has 0 spiro atoms. The van der Waals surface area contributed by atoms with E-state index in [1.807, 2.05) is 31.2 Å². The summed E-state index contributed by atoms with van der Waals surface area (Å²) in [7, 11) is -1.62. The highest BCUT2D eigenvalue weighted by Gasteiger charge is 2.15. The molecule has 4 aromatic rings. The van der Waals surface area contributed by atoms with Crippen molar-refractivity contribution in [2.45, 2.75) is 20.1 Å². The second kappa shape index (κ2) is 13.3. The number of hydrogen-bond acceptors (Lipinski definition) is 10. The van der Waals surface area contributed by atoms with Crippen molar-refractivity contribution < 1.29 is 28.1 Å². The third-order valence-corrected chi connectivity index (χ3v) is 6.47. The maximum absolute atomic E-state index is 12.0. The van der Waals surface area contributed by atoms with Crippen LogP contribution in [-0.4, -0.2) is 45.4 Å². The largest absolute Gasteiger partial charge is 0.515 e. The molecule has 1 atom stereocenters. The second-order valence-corrected chi connectivity index (χ2v) is 9.77. The Balaban J connectivity index is 1.28. The van der Waals surface area contributed by atoms with Gasteiger partial charge < -0.3 is 29.0 Å². The summed E-state index contributed by atoms with van der Waals surface area (Å²) in [5, 5.41) is 0.579. The van der Waals surface area contributed by atoms with E-state index in [9.17, 15) is 9.59 Å². The average Bonchev–Trinajstić information content (AvgIpc) is 3.29. The molecule has 0 bridgehead atoms. The van der Waals surface area contributed by atoms with Gasteiger partial charge in [0.2, 0.25) is 21.1 Å². The number of ether oxygens (including phenoxy) is 3. The van der Waals surface area contributed by atoms with Crippen molar-refractivity contribution >= 4 is 43.2 Å². The Morgan fingerprint density at radius 3 is 2.79 bits per heavy atom. The minimum Gasteiger partial charge on any atom is -0.406 e. The second-order valence-electron chi connectivity index (χ2n) is 7.89. The minimum atomic E-state index is -1.62. The fraction of sp³-hybridized carbons (Fsp3) is 0.250. The third kappa shape index (κ3) is 7.98. The number of rotatable bonds is 12. The molecule has 3 N–H and O–H groups in total. The lowest BCUT2D eigenvalue weighted by molar-refractivity contribution is 0.0244. The number of aromatic nitrogens is 4. The fourth-order valence-electron chi connectivity index (χ4n) is 3.19. The van der Waals surface area contributed by atoms with Gasteiger partial charge in [0.05, 0.1) is 19.5 Å². The highest BCUT2D eigenvalue weighted by Crippen LogP contribution is 2.39. The van der Waals surface area contributed by atoms with Crippen LogP contribution in [-0.2, 0) is 31.7 Å². The number of hydrogen-bond donors (Lipinski definition) is 2. The number of anilines is 1. The predicted octanol–water partition coefficient (Wildman–Crippen LogP) is 4.36. The van der Waals surface area contributed by atoms with Gasteiger partial charge in [-0.15, -0.1) is 0 Å². The normalized spacial score (nSPS) is 11.9. The number of aromatic amines is 1. The first-order chi connectivity index (χ1) is 18.4. The van der Waals surface area contributed by atoms with Gasteiger partial charge in [-0.2, -0.15) is 4.98 Å². The summed E-state index contributed by atoms with van der Waals surface area (Å²) in [5.74, 6) is 0.353. The molecule has 12 nitrogen and oxygen atoms in total. The summed E-state index contributed by atoms with van der Waals surface area (Å²) >= 11 is 6.05. The van der Waals surface area contributed by atoms with E-state index in [1.165, 1.54) is 6.33 Å². The summed E-state index contributed by atoms with van der Waals surface area (Å²) < 4.78 is 29.0. The van der Waals surface area contributed by atoms with Crippen molar-refractivity contribution in [1.82, 2.24) is 19.5 Å². The van der Waals surface area contributed by atoms with Crippen LogP contribution in [0.25, 0.3) is 11.2 Å². The van der Waals surface area contributed by atoms with E-state index >= 15 is 0 Å². The van der Waals surface area contributed by atoms with Crippen LogP contribution >= 0.6 is 20.0 Å². The quantitative estimate of drug-likeness (QED) is 0.0838. The van der Waals surface area contributed by atoms with Crippen molar-refractivity contribution in [2.24, 2.45) is 0 Å². The number of H-pyrrole nitrogens is 1. The molecule has 200 valence electrons. The Bertz CT molecular complexity index is 1430. The van der Waals surface area contributed by atoms with E-state index in [4.69, 9.17) is 40.6 Å². The van der Waals surface area contributed by atoms with Gasteiger partial charge >= 0.3 is 6.16 Å². The number of carbonyl (C=O) groups excluding carboxylic acids is 1. The Morgan fingerprint density at radius 1 is 1.18 bits per heavy atom. The number of nitrogens with zero attached hydrogens (tertiary/aromatic N) is 3. The first-order valence-corrected chi connectivity index (χ1v) is 13.1. The van der Waals surface area contributed by atoms with Crippen molar-refractivity contribution in [3.05, 3.63) is 81.4 Å². The van der Waals surface area contributed by atoms with Crippen LogP contribution in [0.15, 0.2) is 59.7 Å². The number of carbonyl (C=O) groups is 1. The molecule has 0 amide bonds. The Kier molecular flexibility index (Phi) is 9.63. The van der Waals surface area contributed by atoms with E-state index < -0.39 is 26.9 Å². The monoisotopic (exact) mass is 561 g/mol. The molecule has 0 radical (unpaired) electrons. The lowest BCUT2D eigenvalue weighted by atomic mass is 10.2. The van der Waals surface area contributed by atoms with Gasteiger partial charge in [-0.05, 0) is 36.8 Å². The molecule has 38 heavy (non-hydrogen) atoms. The summed E-state index contributed by atoms with van der Waals surface area (Å²) in [6, 6.07) is 14.2. The van der Waals surface area contributed by atoms with Crippen LogP contribution in [0, 0.1) is 6.92 Å². The molecule has 2 aromatic carbocycles. The number of nitrogens with one attached hydrogen (secondary N) is 1. The lowest BCUT2D eigenvalue weighted by Crippen LogP contribution is -2.14. The van der Waals surface area contributed by atoms with Crippen LogP contribution in [0.5, 0.6) is 5.75 Å². The zero-order chi connectivity index (χ0) is 26.9. The first-order valence-electron chi connectivity index (χ1n) is 11.3. The maximum atomic E-state index is 12.0. The fourth-order valence-corrected chi connectivity index (χ4v) is 4.36. The van der Waals surface area contributed by atoms with Crippen molar-refractivity contribution in [3.63, 3.8) is 0 Å². The number of aryl methyl sites for hydroxylation is 1. The third-order valence-electron chi connectivity index (χ3n) is 5.03. The number of benzene rings is 2. The number of halogens is 1. The minimum absolute atomic E-state index is 0.00240. The molecule has 0 saturated carbocycles. The number of nitrogen functional groups attached to an aromatic ring is 1. The van der Waals surface area contributed by atoms with Crippen molar-refractivity contribution in [3.8, 4) is 5.75 Å². The van der Waals surface area contributed by atoms with Crippen molar-refractivity contribution in [1.29, 1.82) is 0 Å². The van der Waals surface area contributed by atoms with Crippen LogP contribution in [0.3, 0.4) is 0 Å². The van der Waals surface area contributed by atoms with E-state index in [-0.39, 0.29) is 31.0 Å². The van der Waals surface area contributed by atoms with Crippen LogP contribution < -0.4 is 16.0 Å². The Hall–Kier alpha value is -3.54. The summed E-state index contributed by atoms with van der Waals surface area (Å²) in [5.41, 5.74) is 7.63. The molecular weight excluding hydrogens is 537 g/mol. The van der Waals surface area contributed by atoms with Crippen LogP contribution in [0.2, 0.25) is 5.02 Å². The predicted molar refractivity (Wildman–Crippen MR) is 141 cm³/mol. The topological polar surface area (TPSA) is 153 Å². The van der Waals surface area contributed by atoms with E-state index in [2.05, 4.69) is 15.0 Å². The average molecular weight is 562 g/mol. The van der Waals surface area contributed by atoms with Gasteiger partial charge in [0.15, 0.2) is 11.2 Å². The molecule has 0 fully saturated rings. The molecule has 1 unspecified atom stereocenters. The van der Waals surface area contributed by atoms with E-state index in [0.29, 0.717) is 23.0 Å². The number of nitrogens with two attached hydrogens (primary N) is 1. The Morgan fingerprint density at radius 2 is 2.00 bits per heavy atom. The van der Waals surface area contributed by atoms with Crippen molar-refractivity contribution in [2.75, 3.05) is 25.5 Å². The molecule has 0 saturated heterocycles. The molecule has 0 aliphatic carbocycles. The lowest BCUT2D eigenvalue weighted by Gasteiger charge is -2.18. The molecule has 0 aliphatic rings. The standard InChI is InChI=1S/C24H25ClN5O7P/c1-16-5-7-19(8-6-16)37-24(32)34-14-36-38(35-12-17-3-2-4-18(25)11-17)15-33-10-9-30-13-27-20-21(30)28-23(26)29-22(20)31/h2-8,11,13H,9-10,12,14-15H2,1H3,(H3,26,28,29,31). The summed E-state index contributed by atoms with van der Waals surface area (Å²) in [6.07, 6.45) is 0.654.